The second kappa shape index (κ2) is 11.6. The Bertz CT molecular complexity index is 1260. The van der Waals surface area contributed by atoms with Gasteiger partial charge in [0.2, 0.25) is 5.91 Å². The first-order valence-electron chi connectivity index (χ1n) is 10.6. The Morgan fingerprint density at radius 1 is 1.06 bits per heavy atom. The maximum atomic E-state index is 12.5. The zero-order chi connectivity index (χ0) is 23.9. The lowest BCUT2D eigenvalue weighted by molar-refractivity contribution is -0.118. The van der Waals surface area contributed by atoms with E-state index in [9.17, 15) is 4.79 Å². The zero-order valence-electron chi connectivity index (χ0n) is 18.4. The van der Waals surface area contributed by atoms with Crippen LogP contribution in [0.15, 0.2) is 82.4 Å². The molecule has 1 amide bonds. The van der Waals surface area contributed by atoms with Gasteiger partial charge in [0.1, 0.15) is 5.75 Å². The molecule has 0 radical (unpaired) electrons. The molecule has 4 aromatic rings. The van der Waals surface area contributed by atoms with E-state index in [0.717, 1.165) is 27.0 Å². The van der Waals surface area contributed by atoms with Crippen LogP contribution in [0.3, 0.4) is 0 Å². The summed E-state index contributed by atoms with van der Waals surface area (Å²) in [6, 6.07) is 23.1. The monoisotopic (exact) mass is 556 g/mol. The minimum Gasteiger partial charge on any atom is -0.494 e. The first kappa shape index (κ1) is 24.3. The van der Waals surface area contributed by atoms with Gasteiger partial charge in [0.15, 0.2) is 11.0 Å². The highest BCUT2D eigenvalue weighted by atomic mass is 79.9. The standard InChI is InChI=1S/C25H22BrClN4O2S/c1-2-33-21-13-11-20(12-14-21)31-24(17-7-9-19(26)10-8-17)29-30-25(31)34-16-23(32)28-15-18-5-3-4-6-22(18)27/h3-14H,2,15-16H2,1H3,(H,28,32). The minimum absolute atomic E-state index is 0.114. The van der Waals surface area contributed by atoms with Crippen molar-refractivity contribution in [3.8, 4) is 22.8 Å². The van der Waals surface area contributed by atoms with Crippen molar-refractivity contribution in [3.05, 3.63) is 87.9 Å². The third-order valence-corrected chi connectivity index (χ3v) is 6.73. The molecule has 0 saturated carbocycles. The van der Waals surface area contributed by atoms with Crippen molar-refractivity contribution < 1.29 is 9.53 Å². The highest BCUT2D eigenvalue weighted by Gasteiger charge is 2.17. The molecule has 4 rings (SSSR count). The van der Waals surface area contributed by atoms with Gasteiger partial charge < -0.3 is 10.1 Å². The number of hydrogen-bond donors (Lipinski definition) is 1. The number of nitrogens with zero attached hydrogens (tertiary/aromatic N) is 3. The molecule has 34 heavy (non-hydrogen) atoms. The summed E-state index contributed by atoms with van der Waals surface area (Å²) in [6.45, 7) is 2.92. The molecule has 9 heteroatoms. The lowest BCUT2D eigenvalue weighted by atomic mass is 10.2. The molecule has 1 N–H and O–H groups in total. The van der Waals surface area contributed by atoms with Crippen molar-refractivity contribution in [2.75, 3.05) is 12.4 Å². The molecule has 0 atom stereocenters. The summed E-state index contributed by atoms with van der Waals surface area (Å²) in [5, 5.41) is 13.0. The van der Waals surface area contributed by atoms with Crippen molar-refractivity contribution in [2.45, 2.75) is 18.6 Å². The van der Waals surface area contributed by atoms with Crippen molar-refractivity contribution in [2.24, 2.45) is 0 Å². The molecule has 1 aromatic heterocycles. The number of rotatable bonds is 9. The molecule has 174 valence electrons. The molecule has 0 fully saturated rings. The van der Waals surface area contributed by atoms with Gasteiger partial charge in [-0.3, -0.25) is 9.36 Å². The third kappa shape index (κ3) is 6.00. The number of halogens is 2. The van der Waals surface area contributed by atoms with Gasteiger partial charge in [0, 0.05) is 27.3 Å². The second-order valence-electron chi connectivity index (χ2n) is 7.23. The predicted molar refractivity (Wildman–Crippen MR) is 140 cm³/mol. The van der Waals surface area contributed by atoms with Crippen LogP contribution in [0, 0.1) is 0 Å². The van der Waals surface area contributed by atoms with E-state index in [1.54, 1.807) is 6.07 Å². The Morgan fingerprint density at radius 2 is 1.79 bits per heavy atom. The smallest absolute Gasteiger partial charge is 0.230 e. The Hall–Kier alpha value is -2.81. The van der Waals surface area contributed by atoms with Crippen molar-refractivity contribution in [1.29, 1.82) is 0 Å². The van der Waals surface area contributed by atoms with E-state index in [1.807, 2.05) is 78.2 Å². The number of hydrogen-bond acceptors (Lipinski definition) is 5. The average Bonchev–Trinajstić information content (AvgIpc) is 3.27. The predicted octanol–water partition coefficient (Wildman–Crippen LogP) is 6.16. The molecule has 1 heterocycles. The highest BCUT2D eigenvalue weighted by Crippen LogP contribution is 2.29. The molecule has 6 nitrogen and oxygen atoms in total. The lowest BCUT2D eigenvalue weighted by Crippen LogP contribution is -2.24. The number of aromatic nitrogens is 3. The molecule has 3 aromatic carbocycles. The number of carbonyl (C=O) groups is 1. The number of benzene rings is 3. The van der Waals surface area contributed by atoms with Gasteiger partial charge in [0.25, 0.3) is 0 Å². The fourth-order valence-corrected chi connectivity index (χ4v) is 4.51. The maximum absolute atomic E-state index is 12.5. The Balaban J connectivity index is 1.55. The van der Waals surface area contributed by atoms with Gasteiger partial charge in [-0.15, -0.1) is 10.2 Å². The van der Waals surface area contributed by atoms with E-state index in [4.69, 9.17) is 16.3 Å². The van der Waals surface area contributed by atoms with Crippen molar-refractivity contribution in [1.82, 2.24) is 20.1 Å². The van der Waals surface area contributed by atoms with Crippen molar-refractivity contribution in [3.63, 3.8) is 0 Å². The number of nitrogens with one attached hydrogen (secondary N) is 1. The Morgan fingerprint density at radius 3 is 2.50 bits per heavy atom. The fourth-order valence-electron chi connectivity index (χ4n) is 3.26. The van der Waals surface area contributed by atoms with E-state index >= 15 is 0 Å². The number of carbonyl (C=O) groups excluding carboxylic acids is 1. The summed E-state index contributed by atoms with van der Waals surface area (Å²) in [5.74, 6) is 1.56. The SMILES string of the molecule is CCOc1ccc(-n2c(SCC(=O)NCc3ccccc3Cl)nnc2-c2ccc(Br)cc2)cc1. The van der Waals surface area contributed by atoms with E-state index in [2.05, 4.69) is 31.4 Å². The molecule has 0 spiro atoms. The number of ether oxygens (including phenoxy) is 1. The molecular formula is C25H22BrClN4O2S. The van der Waals surface area contributed by atoms with Gasteiger partial charge in [0.05, 0.1) is 12.4 Å². The van der Waals surface area contributed by atoms with Crippen LogP contribution in [0.4, 0.5) is 0 Å². The minimum atomic E-state index is -0.114. The van der Waals surface area contributed by atoms with E-state index in [1.165, 1.54) is 11.8 Å². The quantitative estimate of drug-likeness (QED) is 0.250. The summed E-state index contributed by atoms with van der Waals surface area (Å²) in [7, 11) is 0. The molecule has 0 aliphatic rings. The molecule has 0 aliphatic carbocycles. The number of amides is 1. The summed E-state index contributed by atoms with van der Waals surface area (Å²) < 4.78 is 8.50. The van der Waals surface area contributed by atoms with Crippen LogP contribution in [0.1, 0.15) is 12.5 Å². The topological polar surface area (TPSA) is 69.0 Å². The fraction of sp³-hybridized carbons (Fsp3) is 0.160. The molecule has 0 saturated heterocycles. The molecule has 0 aliphatic heterocycles. The highest BCUT2D eigenvalue weighted by molar-refractivity contribution is 9.10. The van der Waals surface area contributed by atoms with Crippen LogP contribution >= 0.6 is 39.3 Å². The van der Waals surface area contributed by atoms with Gasteiger partial charge in [-0.2, -0.15) is 0 Å². The molecule has 0 bridgehead atoms. The summed E-state index contributed by atoms with van der Waals surface area (Å²) in [6.07, 6.45) is 0. The first-order chi connectivity index (χ1) is 16.5. The van der Waals surface area contributed by atoms with Crippen LogP contribution in [0.5, 0.6) is 5.75 Å². The van der Waals surface area contributed by atoms with Crippen LogP contribution in [0.2, 0.25) is 5.02 Å². The van der Waals surface area contributed by atoms with Crippen molar-refractivity contribution >= 4 is 45.2 Å². The van der Waals surface area contributed by atoms with E-state index in [0.29, 0.717) is 29.2 Å². The van der Waals surface area contributed by atoms with Gasteiger partial charge >= 0.3 is 0 Å². The maximum Gasteiger partial charge on any atom is 0.230 e. The van der Waals surface area contributed by atoms with Gasteiger partial charge in [-0.1, -0.05) is 69.6 Å². The second-order valence-corrected chi connectivity index (χ2v) is 9.50. The van der Waals surface area contributed by atoms with Crippen LogP contribution < -0.4 is 10.1 Å². The molecular weight excluding hydrogens is 536 g/mol. The molecule has 0 unspecified atom stereocenters. The van der Waals surface area contributed by atoms with Gasteiger partial charge in [-0.05, 0) is 55.0 Å². The third-order valence-electron chi connectivity index (χ3n) is 4.91. The normalized spacial score (nSPS) is 10.8. The van der Waals surface area contributed by atoms with Crippen LogP contribution in [0.25, 0.3) is 17.1 Å². The summed E-state index contributed by atoms with van der Waals surface area (Å²) in [4.78, 5) is 12.5. The van der Waals surface area contributed by atoms with E-state index < -0.39 is 0 Å². The largest absolute Gasteiger partial charge is 0.494 e. The average molecular weight is 558 g/mol. The Labute approximate surface area is 215 Å². The van der Waals surface area contributed by atoms with Crippen LogP contribution in [-0.2, 0) is 11.3 Å². The summed E-state index contributed by atoms with van der Waals surface area (Å²) in [5.41, 5.74) is 2.67. The first-order valence-corrected chi connectivity index (χ1v) is 12.8. The number of thioether (sulfide) groups is 1. The Kier molecular flexibility index (Phi) is 8.26. The lowest BCUT2D eigenvalue weighted by Gasteiger charge is -2.12. The summed E-state index contributed by atoms with van der Waals surface area (Å²) >= 11 is 11.0. The van der Waals surface area contributed by atoms with Crippen LogP contribution in [-0.4, -0.2) is 33.0 Å². The van der Waals surface area contributed by atoms with E-state index in [-0.39, 0.29) is 11.7 Å². The van der Waals surface area contributed by atoms with Gasteiger partial charge in [-0.25, -0.2) is 0 Å². The zero-order valence-corrected chi connectivity index (χ0v) is 21.5.